The van der Waals surface area contributed by atoms with Crippen molar-refractivity contribution >= 4 is 11.6 Å². The third-order valence-electron chi connectivity index (χ3n) is 4.09. The fraction of sp³-hybridized carbons (Fsp3) is 0.0500. The number of phenolic OH excluding ortho intramolecular Hbond substituents is 1. The lowest BCUT2D eigenvalue weighted by Gasteiger charge is -2.15. The van der Waals surface area contributed by atoms with Crippen LogP contribution in [0.2, 0.25) is 0 Å². The third kappa shape index (κ3) is 4.12. The van der Waals surface area contributed by atoms with Gasteiger partial charge in [-0.05, 0) is 18.2 Å². The molecule has 0 aliphatic carbocycles. The van der Waals surface area contributed by atoms with E-state index >= 15 is 0 Å². The van der Waals surface area contributed by atoms with Gasteiger partial charge in [0.15, 0.2) is 0 Å². The summed E-state index contributed by atoms with van der Waals surface area (Å²) in [5.74, 6) is -1.00. The minimum absolute atomic E-state index is 0.0225. The van der Waals surface area contributed by atoms with Crippen LogP contribution in [0.5, 0.6) is 11.5 Å². The number of aromatic hydroxyl groups is 1. The van der Waals surface area contributed by atoms with Crippen LogP contribution in [-0.2, 0) is 6.61 Å². The Morgan fingerprint density at radius 1 is 1.28 bits per heavy atom. The van der Waals surface area contributed by atoms with E-state index in [9.17, 15) is 25.3 Å². The Kier molecular flexibility index (Phi) is 5.37. The zero-order valence-electron chi connectivity index (χ0n) is 14.9. The lowest BCUT2D eigenvalue weighted by atomic mass is 10.0. The van der Waals surface area contributed by atoms with E-state index in [1.165, 1.54) is 18.2 Å². The number of nitriles is 1. The monoisotopic (exact) mass is 390 g/mol. The molecule has 144 valence electrons. The summed E-state index contributed by atoms with van der Waals surface area (Å²) < 4.78 is 5.78. The number of aromatic nitrogens is 1. The number of hydrogen-bond acceptors (Lipinski definition) is 7. The lowest BCUT2D eigenvalue weighted by Crippen LogP contribution is -2.13. The van der Waals surface area contributed by atoms with Crippen molar-refractivity contribution in [3.63, 3.8) is 0 Å². The summed E-state index contributed by atoms with van der Waals surface area (Å²) in [6, 6.07) is 13.9. The van der Waals surface area contributed by atoms with Crippen molar-refractivity contribution in [2.75, 3.05) is 0 Å². The number of nitro groups is 1. The van der Waals surface area contributed by atoms with Crippen LogP contribution >= 0.6 is 0 Å². The summed E-state index contributed by atoms with van der Waals surface area (Å²) >= 11 is 0. The number of pyridine rings is 1. The molecule has 0 spiro atoms. The maximum absolute atomic E-state index is 11.9. The molecular formula is C20H14N4O5. The fourth-order valence-corrected chi connectivity index (χ4v) is 2.73. The Morgan fingerprint density at radius 3 is 2.66 bits per heavy atom. The number of phenols is 1. The second kappa shape index (κ2) is 8.06. The first-order valence-electron chi connectivity index (χ1n) is 8.29. The highest BCUT2D eigenvalue weighted by atomic mass is 16.6. The number of nitrogens with two attached hydrogens (primary N) is 1. The Balaban J connectivity index is 2.07. The van der Waals surface area contributed by atoms with Gasteiger partial charge in [0.2, 0.25) is 5.91 Å². The number of primary amides is 1. The number of carbonyl (C=O) groups is 1. The van der Waals surface area contributed by atoms with Crippen LogP contribution in [0.4, 0.5) is 5.69 Å². The first-order valence-corrected chi connectivity index (χ1v) is 8.29. The number of amides is 1. The SMILES string of the molecule is N#Cc1ccccc1COc1cc(O)cc(C(N)=O)c1-c1ccc([N+](=O)[O-])cn1. The van der Waals surface area contributed by atoms with E-state index in [1.54, 1.807) is 24.3 Å². The highest BCUT2D eigenvalue weighted by molar-refractivity contribution is 6.01. The van der Waals surface area contributed by atoms with E-state index in [4.69, 9.17) is 10.5 Å². The smallest absolute Gasteiger partial charge is 0.287 e. The highest BCUT2D eigenvalue weighted by Gasteiger charge is 2.20. The number of carbonyl (C=O) groups excluding carboxylic acids is 1. The molecule has 1 amide bonds. The summed E-state index contributed by atoms with van der Waals surface area (Å²) in [5.41, 5.74) is 6.55. The van der Waals surface area contributed by atoms with Gasteiger partial charge in [-0.25, -0.2) is 4.98 Å². The zero-order valence-corrected chi connectivity index (χ0v) is 14.9. The largest absolute Gasteiger partial charge is 0.508 e. The maximum atomic E-state index is 11.9. The zero-order chi connectivity index (χ0) is 21.0. The van der Waals surface area contributed by atoms with Gasteiger partial charge in [-0.2, -0.15) is 5.26 Å². The normalized spacial score (nSPS) is 10.2. The molecule has 9 heteroatoms. The van der Waals surface area contributed by atoms with Crippen LogP contribution in [0.3, 0.4) is 0 Å². The molecule has 9 nitrogen and oxygen atoms in total. The minimum Gasteiger partial charge on any atom is -0.508 e. The first kappa shape index (κ1) is 19.3. The standard InChI is InChI=1S/C20H14N4O5/c21-9-12-3-1-2-4-13(12)11-29-18-8-15(25)7-16(20(22)26)19(18)17-6-5-14(10-23-17)24(27)28/h1-8,10,25H,11H2,(H2,22,26). The molecule has 0 bridgehead atoms. The Bertz CT molecular complexity index is 1140. The van der Waals surface area contributed by atoms with Crippen molar-refractivity contribution in [3.05, 3.63) is 81.5 Å². The Morgan fingerprint density at radius 2 is 2.03 bits per heavy atom. The quantitative estimate of drug-likeness (QED) is 0.485. The van der Waals surface area contributed by atoms with Crippen molar-refractivity contribution < 1.29 is 19.6 Å². The average Bonchev–Trinajstić information content (AvgIpc) is 2.72. The van der Waals surface area contributed by atoms with Gasteiger partial charge in [-0.3, -0.25) is 14.9 Å². The molecular weight excluding hydrogens is 376 g/mol. The van der Waals surface area contributed by atoms with Gasteiger partial charge >= 0.3 is 0 Å². The molecule has 3 aromatic rings. The summed E-state index contributed by atoms with van der Waals surface area (Å²) in [5, 5.41) is 30.1. The summed E-state index contributed by atoms with van der Waals surface area (Å²) in [4.78, 5) is 26.2. The molecule has 29 heavy (non-hydrogen) atoms. The molecule has 0 aliphatic heterocycles. The van der Waals surface area contributed by atoms with Gasteiger partial charge < -0.3 is 15.6 Å². The molecule has 0 saturated carbocycles. The van der Waals surface area contributed by atoms with Crippen molar-refractivity contribution in [2.45, 2.75) is 6.61 Å². The molecule has 0 aliphatic rings. The highest BCUT2D eigenvalue weighted by Crippen LogP contribution is 2.37. The fourth-order valence-electron chi connectivity index (χ4n) is 2.73. The van der Waals surface area contributed by atoms with Crippen LogP contribution in [0.1, 0.15) is 21.5 Å². The van der Waals surface area contributed by atoms with E-state index in [0.717, 1.165) is 12.3 Å². The van der Waals surface area contributed by atoms with Gasteiger partial charge in [-0.15, -0.1) is 0 Å². The third-order valence-corrected chi connectivity index (χ3v) is 4.09. The summed E-state index contributed by atoms with van der Waals surface area (Å²) in [6.45, 7) is -0.0225. The molecule has 0 fully saturated rings. The lowest BCUT2D eigenvalue weighted by molar-refractivity contribution is -0.385. The predicted molar refractivity (Wildman–Crippen MR) is 102 cm³/mol. The molecule has 2 aromatic carbocycles. The van der Waals surface area contributed by atoms with Crippen LogP contribution in [-0.4, -0.2) is 20.9 Å². The van der Waals surface area contributed by atoms with Crippen LogP contribution in [0.25, 0.3) is 11.3 Å². The van der Waals surface area contributed by atoms with Crippen molar-refractivity contribution in [3.8, 4) is 28.8 Å². The molecule has 1 aromatic heterocycles. The maximum Gasteiger partial charge on any atom is 0.287 e. The minimum atomic E-state index is -0.835. The number of rotatable bonds is 6. The number of hydrogen-bond donors (Lipinski definition) is 2. The van der Waals surface area contributed by atoms with E-state index in [2.05, 4.69) is 11.1 Å². The number of benzene rings is 2. The second-order valence-corrected chi connectivity index (χ2v) is 5.95. The number of ether oxygens (including phenoxy) is 1. The molecule has 3 rings (SSSR count). The van der Waals surface area contributed by atoms with E-state index in [-0.39, 0.29) is 40.6 Å². The van der Waals surface area contributed by atoms with Gasteiger partial charge in [0.25, 0.3) is 5.69 Å². The topological polar surface area (TPSA) is 152 Å². The molecule has 0 unspecified atom stereocenters. The van der Waals surface area contributed by atoms with Gasteiger partial charge in [-0.1, -0.05) is 18.2 Å². The molecule has 1 heterocycles. The molecule has 0 saturated heterocycles. The van der Waals surface area contributed by atoms with Crippen molar-refractivity contribution in [1.82, 2.24) is 4.98 Å². The second-order valence-electron chi connectivity index (χ2n) is 5.95. The van der Waals surface area contributed by atoms with Gasteiger partial charge in [0, 0.05) is 17.7 Å². The Labute approximate surface area is 164 Å². The summed E-state index contributed by atoms with van der Waals surface area (Å²) in [6.07, 6.45) is 1.04. The van der Waals surface area contributed by atoms with Crippen LogP contribution in [0.15, 0.2) is 54.7 Å². The van der Waals surface area contributed by atoms with E-state index in [1.807, 2.05) is 0 Å². The van der Waals surface area contributed by atoms with Crippen molar-refractivity contribution in [2.24, 2.45) is 5.73 Å². The summed E-state index contributed by atoms with van der Waals surface area (Å²) in [7, 11) is 0. The predicted octanol–water partition coefficient (Wildman–Crippen LogP) is 2.91. The first-order chi connectivity index (χ1) is 13.9. The van der Waals surface area contributed by atoms with Crippen molar-refractivity contribution in [1.29, 1.82) is 5.26 Å². The van der Waals surface area contributed by atoms with Crippen LogP contribution in [0, 0.1) is 21.4 Å². The molecule has 0 atom stereocenters. The molecule has 3 N–H and O–H groups in total. The average molecular weight is 390 g/mol. The van der Waals surface area contributed by atoms with Gasteiger partial charge in [0.1, 0.15) is 24.3 Å². The van der Waals surface area contributed by atoms with E-state index in [0.29, 0.717) is 11.1 Å². The Hall–Kier alpha value is -4.45. The van der Waals surface area contributed by atoms with Crippen LogP contribution < -0.4 is 10.5 Å². The van der Waals surface area contributed by atoms with E-state index < -0.39 is 10.8 Å². The molecule has 0 radical (unpaired) electrons. The number of nitrogens with zero attached hydrogens (tertiary/aromatic N) is 3. The van der Waals surface area contributed by atoms with Gasteiger partial charge in [0.05, 0.1) is 33.4 Å².